The van der Waals surface area contributed by atoms with Crippen molar-refractivity contribution in [2.24, 2.45) is 5.16 Å². The first-order valence-corrected chi connectivity index (χ1v) is 10.5. The molecular formula is C25H23NO3S. The van der Waals surface area contributed by atoms with Crippen LogP contribution in [0.2, 0.25) is 0 Å². The first-order chi connectivity index (χ1) is 14.7. The van der Waals surface area contributed by atoms with Crippen molar-refractivity contribution in [1.29, 1.82) is 0 Å². The Morgan fingerprint density at radius 2 is 1.33 bits per heavy atom. The number of carboxylic acids is 1. The molecule has 0 spiro atoms. The fraction of sp³-hybridized carbons (Fsp3) is 0.120. The molecule has 3 aromatic rings. The summed E-state index contributed by atoms with van der Waals surface area (Å²) in [6.07, 6.45) is 1.53. The monoisotopic (exact) mass is 417 g/mol. The topological polar surface area (TPSA) is 58.9 Å². The second-order valence-electron chi connectivity index (χ2n) is 6.50. The highest BCUT2D eigenvalue weighted by Crippen LogP contribution is 2.48. The van der Waals surface area contributed by atoms with Gasteiger partial charge in [-0.3, -0.25) is 0 Å². The van der Waals surface area contributed by atoms with Crippen molar-refractivity contribution >= 4 is 23.4 Å². The van der Waals surface area contributed by atoms with Crippen molar-refractivity contribution in [2.75, 3.05) is 12.4 Å². The Kier molecular flexibility index (Phi) is 7.46. The molecule has 0 saturated carbocycles. The van der Waals surface area contributed by atoms with Gasteiger partial charge in [0.25, 0.3) is 0 Å². The lowest BCUT2D eigenvalue weighted by molar-refractivity contribution is -0.129. The Morgan fingerprint density at radius 1 is 0.900 bits per heavy atom. The van der Waals surface area contributed by atoms with Gasteiger partial charge in [0, 0.05) is 5.75 Å². The van der Waals surface area contributed by atoms with Gasteiger partial charge in [-0.1, -0.05) is 109 Å². The lowest BCUT2D eigenvalue weighted by atomic mass is 9.84. The van der Waals surface area contributed by atoms with Crippen molar-refractivity contribution < 1.29 is 14.7 Å². The molecule has 0 aliphatic heterocycles. The second-order valence-corrected chi connectivity index (χ2v) is 7.69. The van der Waals surface area contributed by atoms with E-state index >= 15 is 0 Å². The van der Waals surface area contributed by atoms with E-state index in [-0.39, 0.29) is 18.1 Å². The minimum absolute atomic E-state index is 0.0472. The molecule has 0 aliphatic rings. The molecule has 0 aromatic heterocycles. The van der Waals surface area contributed by atoms with Crippen LogP contribution < -0.4 is 0 Å². The van der Waals surface area contributed by atoms with Crippen molar-refractivity contribution in [1.82, 2.24) is 0 Å². The van der Waals surface area contributed by atoms with E-state index in [4.69, 9.17) is 4.84 Å². The van der Waals surface area contributed by atoms with E-state index in [0.717, 1.165) is 16.7 Å². The largest absolute Gasteiger partial charge is 0.477 e. The average molecular weight is 418 g/mol. The number of hydrogen-bond donors (Lipinski definition) is 1. The van der Waals surface area contributed by atoms with E-state index < -0.39 is 10.7 Å². The predicted molar refractivity (Wildman–Crippen MR) is 123 cm³/mol. The minimum atomic E-state index is -1.10. The summed E-state index contributed by atoms with van der Waals surface area (Å²) in [4.78, 5) is 16.8. The van der Waals surface area contributed by atoms with Gasteiger partial charge in [-0.05, 0) is 16.7 Å². The molecule has 0 radical (unpaired) electrons. The lowest BCUT2D eigenvalue weighted by Crippen LogP contribution is -2.28. The number of aliphatic carboxylic acids is 1. The van der Waals surface area contributed by atoms with E-state index in [1.54, 1.807) is 0 Å². The third-order valence-corrected chi connectivity index (χ3v) is 6.14. The summed E-state index contributed by atoms with van der Waals surface area (Å²) in [5, 5.41) is 13.5. The molecule has 0 heterocycles. The van der Waals surface area contributed by atoms with Crippen LogP contribution >= 0.6 is 11.8 Å². The van der Waals surface area contributed by atoms with Crippen LogP contribution in [-0.2, 0) is 14.4 Å². The Balaban J connectivity index is 2.12. The van der Waals surface area contributed by atoms with Crippen LogP contribution in [-0.4, -0.2) is 29.1 Å². The van der Waals surface area contributed by atoms with Crippen LogP contribution in [0, 0.1) is 0 Å². The molecule has 0 unspecified atom stereocenters. The molecule has 0 amide bonds. The summed E-state index contributed by atoms with van der Waals surface area (Å²) in [5.41, 5.74) is 3.13. The number of oxime groups is 1. The first kappa shape index (κ1) is 21.4. The van der Waals surface area contributed by atoms with Gasteiger partial charge < -0.3 is 9.94 Å². The summed E-state index contributed by atoms with van der Waals surface area (Å²) in [6.45, 7) is 3.72. The molecule has 0 bridgehead atoms. The molecule has 1 N–H and O–H groups in total. The molecule has 0 aliphatic carbocycles. The molecule has 3 aromatic carbocycles. The predicted octanol–water partition coefficient (Wildman–Crippen LogP) is 5.35. The SMILES string of the molecule is C=CCON=C(CSC(c1ccccc1)(c1ccccc1)c1ccccc1)C(=O)O. The molecule has 4 nitrogen and oxygen atoms in total. The molecule has 30 heavy (non-hydrogen) atoms. The number of carboxylic acid groups (broad SMARTS) is 1. The Bertz CT molecular complexity index is 892. The highest BCUT2D eigenvalue weighted by molar-refractivity contribution is 8.01. The maximum absolute atomic E-state index is 11.8. The van der Waals surface area contributed by atoms with E-state index in [2.05, 4.69) is 48.1 Å². The molecule has 152 valence electrons. The molecule has 0 saturated heterocycles. The van der Waals surface area contributed by atoms with Gasteiger partial charge in [0.15, 0.2) is 5.71 Å². The van der Waals surface area contributed by atoms with Gasteiger partial charge in [0.1, 0.15) is 6.61 Å². The standard InChI is InChI=1S/C25H23NO3S/c1-2-18-29-26-23(24(27)28)19-30-25(20-12-6-3-7-13-20,21-14-8-4-9-15-21)22-16-10-5-11-17-22/h2-17H,1,18-19H2,(H,27,28). The van der Waals surface area contributed by atoms with Gasteiger partial charge >= 0.3 is 5.97 Å². The third kappa shape index (κ3) is 4.81. The molecule has 0 fully saturated rings. The summed E-state index contributed by atoms with van der Waals surface area (Å²) >= 11 is 1.51. The number of rotatable bonds is 10. The van der Waals surface area contributed by atoms with Gasteiger partial charge in [-0.15, -0.1) is 11.8 Å². The van der Waals surface area contributed by atoms with Crippen LogP contribution in [0.15, 0.2) is 109 Å². The van der Waals surface area contributed by atoms with Crippen molar-refractivity contribution in [3.63, 3.8) is 0 Å². The zero-order chi connectivity index (χ0) is 21.2. The Hall–Kier alpha value is -3.31. The highest BCUT2D eigenvalue weighted by Gasteiger charge is 2.37. The number of carbonyl (C=O) groups is 1. The average Bonchev–Trinajstić information content (AvgIpc) is 2.80. The zero-order valence-electron chi connectivity index (χ0n) is 16.5. The maximum atomic E-state index is 11.8. The molecular weight excluding hydrogens is 394 g/mol. The van der Waals surface area contributed by atoms with Gasteiger partial charge in [-0.25, -0.2) is 4.79 Å². The van der Waals surface area contributed by atoms with Crippen LogP contribution in [0.5, 0.6) is 0 Å². The van der Waals surface area contributed by atoms with Crippen LogP contribution in [0.1, 0.15) is 16.7 Å². The van der Waals surface area contributed by atoms with Crippen molar-refractivity contribution in [3.8, 4) is 0 Å². The number of benzene rings is 3. The van der Waals surface area contributed by atoms with E-state index in [0.29, 0.717) is 0 Å². The van der Waals surface area contributed by atoms with Gasteiger partial charge in [-0.2, -0.15) is 0 Å². The van der Waals surface area contributed by atoms with Crippen LogP contribution in [0.3, 0.4) is 0 Å². The van der Waals surface area contributed by atoms with Crippen LogP contribution in [0.4, 0.5) is 0 Å². The summed E-state index contributed by atoms with van der Waals surface area (Å²) < 4.78 is -0.613. The molecule has 5 heteroatoms. The summed E-state index contributed by atoms with van der Waals surface area (Å²) in [7, 11) is 0. The lowest BCUT2D eigenvalue weighted by Gasteiger charge is -2.35. The first-order valence-electron chi connectivity index (χ1n) is 9.52. The fourth-order valence-electron chi connectivity index (χ4n) is 3.24. The molecule has 0 atom stereocenters. The van der Waals surface area contributed by atoms with E-state index in [9.17, 15) is 9.90 Å². The fourth-order valence-corrected chi connectivity index (χ4v) is 4.68. The quantitative estimate of drug-likeness (QED) is 0.159. The third-order valence-electron chi connectivity index (χ3n) is 4.58. The smallest absolute Gasteiger partial charge is 0.354 e. The van der Waals surface area contributed by atoms with Gasteiger partial charge in [0.05, 0.1) is 4.75 Å². The highest BCUT2D eigenvalue weighted by atomic mass is 32.2. The second kappa shape index (κ2) is 10.5. The number of thioether (sulfide) groups is 1. The summed E-state index contributed by atoms with van der Waals surface area (Å²) in [5.74, 6) is -0.944. The summed E-state index contributed by atoms with van der Waals surface area (Å²) in [6, 6.07) is 30.3. The van der Waals surface area contributed by atoms with E-state index in [1.165, 1.54) is 17.8 Å². The van der Waals surface area contributed by atoms with Gasteiger partial charge in [0.2, 0.25) is 0 Å². The normalized spacial score (nSPS) is 11.7. The van der Waals surface area contributed by atoms with Crippen molar-refractivity contribution in [3.05, 3.63) is 120 Å². The number of nitrogens with zero attached hydrogens (tertiary/aromatic N) is 1. The Labute approximate surface area is 180 Å². The number of hydrogen-bond acceptors (Lipinski definition) is 4. The zero-order valence-corrected chi connectivity index (χ0v) is 17.3. The van der Waals surface area contributed by atoms with Crippen LogP contribution in [0.25, 0.3) is 0 Å². The van der Waals surface area contributed by atoms with E-state index in [1.807, 2.05) is 54.6 Å². The molecule has 3 rings (SSSR count). The Morgan fingerprint density at radius 3 is 1.70 bits per heavy atom. The van der Waals surface area contributed by atoms with Crippen molar-refractivity contribution in [2.45, 2.75) is 4.75 Å². The maximum Gasteiger partial charge on any atom is 0.354 e. The minimum Gasteiger partial charge on any atom is -0.477 e.